The van der Waals surface area contributed by atoms with Crippen molar-refractivity contribution < 1.29 is 13.9 Å². The predicted octanol–water partition coefficient (Wildman–Crippen LogP) is 7.22. The zero-order chi connectivity index (χ0) is 26.2. The number of aromatic nitrogens is 2. The number of carbonyl (C=O) groups is 1. The van der Waals surface area contributed by atoms with Gasteiger partial charge in [-0.1, -0.05) is 66.4 Å². The lowest BCUT2D eigenvalue weighted by molar-refractivity contribution is 0.0377. The quantitative estimate of drug-likeness (QED) is 0.206. The molecule has 0 spiro atoms. The highest BCUT2D eigenvalue weighted by Crippen LogP contribution is 2.45. The molecule has 37 heavy (non-hydrogen) atoms. The third-order valence-electron chi connectivity index (χ3n) is 6.66. The van der Waals surface area contributed by atoms with Crippen LogP contribution in [-0.4, -0.2) is 35.0 Å². The highest BCUT2D eigenvalue weighted by molar-refractivity contribution is 7.98. The van der Waals surface area contributed by atoms with Crippen molar-refractivity contribution in [3.05, 3.63) is 60.2 Å². The van der Waals surface area contributed by atoms with Gasteiger partial charge in [-0.15, -0.1) is 0 Å². The fraction of sp³-hybridized carbons (Fsp3) is 0.345. The number of hydrogen-bond donors (Lipinski definition) is 2. The monoisotopic (exact) mass is 516 g/mol. The summed E-state index contributed by atoms with van der Waals surface area (Å²) in [6.07, 6.45) is 4.38. The molecule has 0 saturated heterocycles. The third-order valence-corrected chi connectivity index (χ3v) is 7.21. The number of hydrogen-bond acceptors (Lipinski definition) is 7. The lowest BCUT2D eigenvalue weighted by atomic mass is 9.71. The standard InChI is InChI=1S/C29H32N4O3S/c1-28(2,3)36-27(34)33-29(16-9-17-29)20-14-12-19(13-15-20)23-21(18-10-7-6-8-11-18)22-24(30-4)31-26(37-5)32-25(22)35-23/h6-8,10-15H,9,16-17H2,1-5H3,(H,33,34)(H,30,31,32). The zero-order valence-corrected chi connectivity index (χ0v) is 22.7. The number of carbonyl (C=O) groups excluding carboxylic acids is 1. The third kappa shape index (κ3) is 4.90. The van der Waals surface area contributed by atoms with Gasteiger partial charge in [0.15, 0.2) is 5.16 Å². The second-order valence-corrected chi connectivity index (χ2v) is 11.1. The zero-order valence-electron chi connectivity index (χ0n) is 21.8. The van der Waals surface area contributed by atoms with Gasteiger partial charge in [0.25, 0.3) is 0 Å². The molecule has 1 aliphatic carbocycles. The van der Waals surface area contributed by atoms with E-state index >= 15 is 0 Å². The number of thioether (sulfide) groups is 1. The number of nitrogens with zero attached hydrogens (tertiary/aromatic N) is 2. The predicted molar refractivity (Wildman–Crippen MR) is 149 cm³/mol. The van der Waals surface area contributed by atoms with Crippen molar-refractivity contribution in [2.75, 3.05) is 18.6 Å². The van der Waals surface area contributed by atoms with Crippen LogP contribution in [0, 0.1) is 0 Å². The minimum Gasteiger partial charge on any atom is -0.444 e. The molecule has 4 aromatic rings. The second-order valence-electron chi connectivity index (χ2n) is 10.3. The Balaban J connectivity index is 1.57. The fourth-order valence-electron chi connectivity index (χ4n) is 4.79. The van der Waals surface area contributed by atoms with Gasteiger partial charge in [-0.25, -0.2) is 9.78 Å². The number of amides is 1. The minimum atomic E-state index is -0.542. The maximum absolute atomic E-state index is 12.6. The van der Waals surface area contributed by atoms with Gasteiger partial charge >= 0.3 is 6.09 Å². The van der Waals surface area contributed by atoms with Crippen LogP contribution >= 0.6 is 11.8 Å². The molecular formula is C29H32N4O3S. The molecule has 2 aromatic carbocycles. The summed E-state index contributed by atoms with van der Waals surface area (Å²) in [7, 11) is 1.86. The molecular weight excluding hydrogens is 484 g/mol. The Hall–Kier alpha value is -3.52. The second kappa shape index (κ2) is 9.74. The molecule has 0 atom stereocenters. The summed E-state index contributed by atoms with van der Waals surface area (Å²) < 4.78 is 12.0. The van der Waals surface area contributed by atoms with Gasteiger partial charge in [-0.05, 0) is 57.4 Å². The van der Waals surface area contributed by atoms with Crippen molar-refractivity contribution in [1.82, 2.24) is 15.3 Å². The fourth-order valence-corrected chi connectivity index (χ4v) is 5.15. The van der Waals surface area contributed by atoms with E-state index in [1.165, 1.54) is 11.8 Å². The molecule has 1 fully saturated rings. The van der Waals surface area contributed by atoms with Crippen LogP contribution in [0.2, 0.25) is 0 Å². The van der Waals surface area contributed by atoms with E-state index < -0.39 is 11.1 Å². The van der Waals surface area contributed by atoms with E-state index in [-0.39, 0.29) is 6.09 Å². The largest absolute Gasteiger partial charge is 0.444 e. The number of alkyl carbamates (subject to hydrolysis) is 1. The van der Waals surface area contributed by atoms with Crippen LogP contribution in [0.3, 0.4) is 0 Å². The van der Waals surface area contributed by atoms with E-state index in [2.05, 4.69) is 57.0 Å². The molecule has 0 aliphatic heterocycles. The summed E-state index contributed by atoms with van der Waals surface area (Å²) in [5.74, 6) is 1.47. The van der Waals surface area contributed by atoms with Gasteiger partial charge in [0.05, 0.1) is 10.9 Å². The lowest BCUT2D eigenvalue weighted by Crippen LogP contribution is -2.52. The van der Waals surface area contributed by atoms with E-state index in [0.29, 0.717) is 10.9 Å². The lowest BCUT2D eigenvalue weighted by Gasteiger charge is -2.43. The number of benzene rings is 2. The van der Waals surface area contributed by atoms with Crippen LogP contribution in [-0.2, 0) is 10.3 Å². The first kappa shape index (κ1) is 25.1. The summed E-state index contributed by atoms with van der Waals surface area (Å²) in [4.78, 5) is 21.9. The molecule has 1 amide bonds. The number of anilines is 1. The molecule has 0 radical (unpaired) electrons. The van der Waals surface area contributed by atoms with Crippen molar-refractivity contribution in [1.29, 1.82) is 0 Å². The molecule has 8 heteroatoms. The van der Waals surface area contributed by atoms with Gasteiger partial charge in [-0.2, -0.15) is 4.98 Å². The Kier molecular flexibility index (Phi) is 6.62. The number of furan rings is 1. The molecule has 2 heterocycles. The summed E-state index contributed by atoms with van der Waals surface area (Å²) >= 11 is 1.47. The van der Waals surface area contributed by atoms with E-state index in [0.717, 1.165) is 58.5 Å². The molecule has 5 rings (SSSR count). The smallest absolute Gasteiger partial charge is 0.408 e. The Morgan fingerprint density at radius 1 is 1.03 bits per heavy atom. The number of fused-ring (bicyclic) bond motifs is 1. The van der Waals surface area contributed by atoms with Gasteiger partial charge in [0.1, 0.15) is 17.2 Å². The molecule has 2 aromatic heterocycles. The topological polar surface area (TPSA) is 89.3 Å². The molecule has 1 aliphatic rings. The first-order chi connectivity index (χ1) is 17.7. The SMILES string of the molecule is CNc1nc(SC)nc2oc(-c3ccc(C4(NC(=O)OC(C)(C)C)CCC4)cc3)c(-c3ccccc3)c12. The van der Waals surface area contributed by atoms with Crippen molar-refractivity contribution in [3.63, 3.8) is 0 Å². The number of nitrogens with one attached hydrogen (secondary N) is 2. The molecule has 2 N–H and O–H groups in total. The van der Waals surface area contributed by atoms with Crippen molar-refractivity contribution in [2.45, 2.75) is 56.3 Å². The first-order valence-corrected chi connectivity index (χ1v) is 13.7. The summed E-state index contributed by atoms with van der Waals surface area (Å²) in [5, 5.41) is 7.86. The maximum Gasteiger partial charge on any atom is 0.408 e. The van der Waals surface area contributed by atoms with Gasteiger partial charge < -0.3 is 19.8 Å². The van der Waals surface area contributed by atoms with Gasteiger partial charge in [0.2, 0.25) is 5.71 Å². The Labute approximate surface area is 221 Å². The summed E-state index contributed by atoms with van der Waals surface area (Å²) in [6, 6.07) is 18.4. The number of ether oxygens (including phenoxy) is 1. The van der Waals surface area contributed by atoms with Crippen LogP contribution in [0.5, 0.6) is 0 Å². The van der Waals surface area contributed by atoms with Crippen LogP contribution in [0.25, 0.3) is 33.6 Å². The van der Waals surface area contributed by atoms with Gasteiger partial charge in [0, 0.05) is 18.2 Å². The van der Waals surface area contributed by atoms with Crippen LogP contribution in [0.1, 0.15) is 45.6 Å². The molecule has 7 nitrogen and oxygen atoms in total. The maximum atomic E-state index is 12.6. The average Bonchev–Trinajstić information content (AvgIpc) is 3.25. The average molecular weight is 517 g/mol. The Morgan fingerprint density at radius 3 is 2.30 bits per heavy atom. The highest BCUT2D eigenvalue weighted by Gasteiger charge is 2.41. The van der Waals surface area contributed by atoms with Gasteiger partial charge in [-0.3, -0.25) is 0 Å². The minimum absolute atomic E-state index is 0.386. The summed E-state index contributed by atoms with van der Waals surface area (Å²) in [5.41, 5.74) is 3.56. The van der Waals surface area contributed by atoms with Crippen LogP contribution in [0.15, 0.2) is 64.2 Å². The van der Waals surface area contributed by atoms with E-state index in [4.69, 9.17) is 9.15 Å². The molecule has 192 valence electrons. The molecule has 1 saturated carbocycles. The first-order valence-electron chi connectivity index (χ1n) is 12.5. The van der Waals surface area contributed by atoms with Crippen LogP contribution in [0.4, 0.5) is 10.6 Å². The van der Waals surface area contributed by atoms with Crippen LogP contribution < -0.4 is 10.6 Å². The van der Waals surface area contributed by atoms with E-state index in [1.807, 2.05) is 52.3 Å². The molecule has 0 unspecified atom stereocenters. The van der Waals surface area contributed by atoms with Crippen molar-refractivity contribution >= 4 is 34.8 Å². The Bertz CT molecular complexity index is 1420. The summed E-state index contributed by atoms with van der Waals surface area (Å²) in [6.45, 7) is 5.62. The highest BCUT2D eigenvalue weighted by atomic mass is 32.2. The number of rotatable bonds is 6. The van der Waals surface area contributed by atoms with E-state index in [9.17, 15) is 4.79 Å². The Morgan fingerprint density at radius 2 is 1.73 bits per heavy atom. The molecule has 0 bridgehead atoms. The normalized spacial score (nSPS) is 14.7. The van der Waals surface area contributed by atoms with E-state index in [1.54, 1.807) is 0 Å². The van der Waals surface area contributed by atoms with Crippen molar-refractivity contribution in [2.24, 2.45) is 0 Å². The van der Waals surface area contributed by atoms with Crippen molar-refractivity contribution in [3.8, 4) is 22.5 Å².